The molecule has 72 valence electrons. The van der Waals surface area contributed by atoms with Gasteiger partial charge in [0, 0.05) is 29.4 Å². The van der Waals surface area contributed by atoms with E-state index in [-0.39, 0.29) is 5.75 Å². The monoisotopic (exact) mass is 293 g/mol. The molecule has 3 nitrogen and oxygen atoms in total. The highest BCUT2D eigenvalue weighted by atomic mass is 127. The van der Waals surface area contributed by atoms with Crippen LogP contribution in [0.25, 0.3) is 0 Å². The van der Waals surface area contributed by atoms with E-state index in [0.29, 0.717) is 5.75 Å². The number of ether oxygens (including phenoxy) is 1. The summed E-state index contributed by atoms with van der Waals surface area (Å²) in [6, 6.07) is 5.46. The maximum Gasteiger partial charge on any atom is 0.160 e. The van der Waals surface area contributed by atoms with Gasteiger partial charge in [-0.25, -0.2) is 0 Å². The highest BCUT2D eigenvalue weighted by Crippen LogP contribution is 2.26. The van der Waals surface area contributed by atoms with Gasteiger partial charge in [0.15, 0.2) is 11.5 Å². The molecule has 0 aliphatic heterocycles. The van der Waals surface area contributed by atoms with Gasteiger partial charge in [-0.05, 0) is 24.1 Å². The van der Waals surface area contributed by atoms with Gasteiger partial charge in [0.1, 0.15) is 0 Å². The van der Waals surface area contributed by atoms with Crippen molar-refractivity contribution in [1.82, 2.24) is 3.53 Å². The van der Waals surface area contributed by atoms with Gasteiger partial charge in [-0.15, -0.1) is 0 Å². The van der Waals surface area contributed by atoms with E-state index in [2.05, 4.69) is 26.4 Å². The molecular weight excluding hydrogens is 281 g/mol. The van der Waals surface area contributed by atoms with Crippen LogP contribution in [0.15, 0.2) is 18.2 Å². The predicted molar refractivity (Wildman–Crippen MR) is 60.4 cm³/mol. The van der Waals surface area contributed by atoms with Crippen LogP contribution < -0.4 is 8.27 Å². The van der Waals surface area contributed by atoms with Crippen molar-refractivity contribution in [2.45, 2.75) is 6.42 Å². The molecule has 0 saturated carbocycles. The van der Waals surface area contributed by atoms with Crippen LogP contribution in [-0.2, 0) is 6.42 Å². The van der Waals surface area contributed by atoms with E-state index in [4.69, 9.17) is 4.74 Å². The first-order valence-corrected chi connectivity index (χ1v) is 5.05. The maximum absolute atomic E-state index is 9.44. The average molecular weight is 293 g/mol. The van der Waals surface area contributed by atoms with Crippen LogP contribution >= 0.6 is 22.9 Å². The molecule has 0 atom stereocenters. The lowest BCUT2D eigenvalue weighted by Crippen LogP contribution is -2.03. The summed E-state index contributed by atoms with van der Waals surface area (Å²) in [4.78, 5) is 0. The first kappa shape index (κ1) is 10.6. The molecular formula is C9H12INO2. The number of hydrogen-bond acceptors (Lipinski definition) is 3. The molecule has 0 aliphatic rings. The largest absolute Gasteiger partial charge is 0.504 e. The molecule has 1 aromatic rings. The van der Waals surface area contributed by atoms with Crippen LogP contribution in [0, 0.1) is 0 Å². The van der Waals surface area contributed by atoms with Crippen molar-refractivity contribution in [2.75, 3.05) is 13.7 Å². The summed E-state index contributed by atoms with van der Waals surface area (Å²) in [6.07, 6.45) is 0.903. The Hall–Kier alpha value is -0.490. The van der Waals surface area contributed by atoms with Crippen molar-refractivity contribution in [2.24, 2.45) is 0 Å². The van der Waals surface area contributed by atoms with E-state index in [1.807, 2.05) is 6.07 Å². The van der Waals surface area contributed by atoms with Gasteiger partial charge in [0.05, 0.1) is 7.11 Å². The predicted octanol–water partition coefficient (Wildman–Crippen LogP) is 1.88. The second-order valence-electron chi connectivity index (χ2n) is 2.64. The number of phenols is 1. The SMILES string of the molecule is COc1ccc(CCNI)cc1O. The number of rotatable bonds is 4. The second kappa shape index (κ2) is 5.29. The Kier molecular flexibility index (Phi) is 4.31. The molecule has 0 heterocycles. The summed E-state index contributed by atoms with van der Waals surface area (Å²) in [5, 5.41) is 9.44. The van der Waals surface area contributed by atoms with Gasteiger partial charge in [0.2, 0.25) is 0 Å². The summed E-state index contributed by atoms with van der Waals surface area (Å²) in [5.41, 5.74) is 1.10. The summed E-state index contributed by atoms with van der Waals surface area (Å²) in [5.74, 6) is 0.722. The van der Waals surface area contributed by atoms with Crippen LogP contribution in [0.5, 0.6) is 11.5 Å². The van der Waals surface area contributed by atoms with Gasteiger partial charge in [-0.1, -0.05) is 6.07 Å². The van der Waals surface area contributed by atoms with Crippen LogP contribution in [0.2, 0.25) is 0 Å². The number of halogens is 1. The van der Waals surface area contributed by atoms with Gasteiger partial charge in [-0.3, -0.25) is 3.53 Å². The second-order valence-corrected chi connectivity index (χ2v) is 3.40. The van der Waals surface area contributed by atoms with Crippen molar-refractivity contribution >= 4 is 22.9 Å². The van der Waals surface area contributed by atoms with Crippen LogP contribution in [0.4, 0.5) is 0 Å². The molecule has 1 rings (SSSR count). The lowest BCUT2D eigenvalue weighted by molar-refractivity contribution is 0.373. The zero-order chi connectivity index (χ0) is 9.68. The molecule has 13 heavy (non-hydrogen) atoms. The molecule has 0 aliphatic carbocycles. The third-order valence-electron chi connectivity index (χ3n) is 1.75. The standard InChI is InChI=1S/C9H12INO2/c1-13-9-3-2-7(4-5-11-10)6-8(9)12/h2-3,6,11-12H,4-5H2,1H3. The summed E-state index contributed by atoms with van der Waals surface area (Å²) >= 11 is 2.10. The van der Waals surface area contributed by atoms with Crippen LogP contribution in [-0.4, -0.2) is 18.8 Å². The van der Waals surface area contributed by atoms with E-state index in [1.54, 1.807) is 19.2 Å². The minimum absolute atomic E-state index is 0.202. The third-order valence-corrected chi connectivity index (χ3v) is 2.29. The van der Waals surface area contributed by atoms with Gasteiger partial charge >= 0.3 is 0 Å². The number of benzene rings is 1. The number of aromatic hydroxyl groups is 1. The summed E-state index contributed by atoms with van der Waals surface area (Å²) < 4.78 is 7.96. The van der Waals surface area contributed by atoms with Crippen LogP contribution in [0.3, 0.4) is 0 Å². The fraction of sp³-hybridized carbons (Fsp3) is 0.333. The Bertz CT molecular complexity index is 278. The molecule has 0 aromatic heterocycles. The molecule has 4 heteroatoms. The highest BCUT2D eigenvalue weighted by Gasteiger charge is 2.01. The molecule has 0 fully saturated rings. The quantitative estimate of drug-likeness (QED) is 0.658. The summed E-state index contributed by atoms with van der Waals surface area (Å²) in [7, 11) is 1.54. The lowest BCUT2D eigenvalue weighted by Gasteiger charge is -2.05. The van der Waals surface area contributed by atoms with Crippen molar-refractivity contribution in [3.8, 4) is 11.5 Å². The molecule has 0 radical (unpaired) electrons. The zero-order valence-corrected chi connectivity index (χ0v) is 9.54. The molecule has 1 aromatic carbocycles. The van der Waals surface area contributed by atoms with Crippen LogP contribution in [0.1, 0.15) is 5.56 Å². The Morgan fingerprint density at radius 1 is 1.54 bits per heavy atom. The van der Waals surface area contributed by atoms with Crippen molar-refractivity contribution in [1.29, 1.82) is 0 Å². The molecule has 2 N–H and O–H groups in total. The van der Waals surface area contributed by atoms with Crippen molar-refractivity contribution in [3.63, 3.8) is 0 Å². The van der Waals surface area contributed by atoms with E-state index in [1.165, 1.54) is 0 Å². The van der Waals surface area contributed by atoms with Gasteiger partial charge in [0.25, 0.3) is 0 Å². The Labute approximate surface area is 91.6 Å². The topological polar surface area (TPSA) is 41.5 Å². The first-order valence-electron chi connectivity index (χ1n) is 3.97. The number of hydrogen-bond donors (Lipinski definition) is 2. The minimum Gasteiger partial charge on any atom is -0.504 e. The number of methoxy groups -OCH3 is 1. The van der Waals surface area contributed by atoms with E-state index < -0.39 is 0 Å². The molecule has 0 bridgehead atoms. The Morgan fingerprint density at radius 2 is 2.31 bits per heavy atom. The normalized spacial score (nSPS) is 10.0. The number of phenolic OH excluding ortho intramolecular Hbond substituents is 1. The van der Waals surface area contributed by atoms with E-state index in [9.17, 15) is 5.11 Å². The average Bonchev–Trinajstić information content (AvgIpc) is 2.15. The van der Waals surface area contributed by atoms with Crippen molar-refractivity contribution in [3.05, 3.63) is 23.8 Å². The fourth-order valence-electron chi connectivity index (χ4n) is 1.08. The zero-order valence-electron chi connectivity index (χ0n) is 7.38. The molecule has 0 unspecified atom stereocenters. The van der Waals surface area contributed by atoms with Gasteiger partial charge in [-0.2, -0.15) is 0 Å². The van der Waals surface area contributed by atoms with E-state index >= 15 is 0 Å². The maximum atomic E-state index is 9.44. The smallest absolute Gasteiger partial charge is 0.160 e. The number of nitrogens with one attached hydrogen (secondary N) is 1. The Balaban J connectivity index is 2.71. The Morgan fingerprint density at radius 3 is 2.85 bits per heavy atom. The van der Waals surface area contributed by atoms with E-state index in [0.717, 1.165) is 18.5 Å². The molecule has 0 saturated heterocycles. The summed E-state index contributed by atoms with van der Waals surface area (Å²) in [6.45, 7) is 0.895. The third kappa shape index (κ3) is 3.04. The van der Waals surface area contributed by atoms with Crippen molar-refractivity contribution < 1.29 is 9.84 Å². The van der Waals surface area contributed by atoms with Gasteiger partial charge < -0.3 is 9.84 Å². The molecule has 0 amide bonds. The molecule has 0 spiro atoms. The highest BCUT2D eigenvalue weighted by molar-refractivity contribution is 14.1. The first-order chi connectivity index (χ1) is 6.27. The minimum atomic E-state index is 0.202. The lowest BCUT2D eigenvalue weighted by atomic mass is 10.1. The fourth-order valence-corrected chi connectivity index (χ4v) is 1.35.